The average Bonchev–Trinajstić information content (AvgIpc) is 2.69. The van der Waals surface area contributed by atoms with E-state index in [0.29, 0.717) is 28.2 Å². The number of rotatable bonds is 7. The molecule has 0 amide bonds. The molecule has 0 saturated heterocycles. The first kappa shape index (κ1) is 20.2. The van der Waals surface area contributed by atoms with E-state index in [1.807, 2.05) is 20.8 Å². The van der Waals surface area contributed by atoms with E-state index in [1.54, 1.807) is 24.3 Å². The Labute approximate surface area is 159 Å². The van der Waals surface area contributed by atoms with E-state index in [2.05, 4.69) is 6.58 Å². The Morgan fingerprint density at radius 1 is 0.963 bits per heavy atom. The van der Waals surface area contributed by atoms with E-state index in [-0.39, 0.29) is 12.4 Å². The molecule has 142 valence electrons. The molecule has 0 radical (unpaired) electrons. The van der Waals surface area contributed by atoms with Gasteiger partial charge in [0, 0.05) is 5.56 Å². The average molecular weight is 368 g/mol. The fourth-order valence-corrected chi connectivity index (χ4v) is 2.92. The lowest BCUT2D eigenvalue weighted by atomic mass is 9.89. The number of methoxy groups -OCH3 is 2. The smallest absolute Gasteiger partial charge is 0.338 e. The summed E-state index contributed by atoms with van der Waals surface area (Å²) in [6, 6.07) is 6.73. The van der Waals surface area contributed by atoms with E-state index >= 15 is 0 Å². The first-order chi connectivity index (χ1) is 12.9. The molecule has 5 nitrogen and oxygen atoms in total. The second kappa shape index (κ2) is 8.54. The van der Waals surface area contributed by atoms with Gasteiger partial charge in [-0.25, -0.2) is 4.79 Å². The van der Waals surface area contributed by atoms with Gasteiger partial charge in [0.2, 0.25) is 5.78 Å². The van der Waals surface area contributed by atoms with Crippen LogP contribution >= 0.6 is 0 Å². The van der Waals surface area contributed by atoms with Gasteiger partial charge in [0.05, 0.1) is 19.8 Å². The third-order valence-corrected chi connectivity index (χ3v) is 4.67. The van der Waals surface area contributed by atoms with Crippen LogP contribution in [-0.4, -0.2) is 32.6 Å². The summed E-state index contributed by atoms with van der Waals surface area (Å²) in [5.74, 6) is 0.0553. The van der Waals surface area contributed by atoms with Crippen molar-refractivity contribution in [3.63, 3.8) is 0 Å². The lowest BCUT2D eigenvalue weighted by Crippen LogP contribution is -2.14. The minimum Gasteiger partial charge on any atom is -0.496 e. The number of benzene rings is 2. The zero-order chi connectivity index (χ0) is 20.1. The molecule has 27 heavy (non-hydrogen) atoms. The standard InChI is InChI=1S/C22H24O5/c1-7-11-27-22(24)17-12-16(14(3)13(2)15(17)4)21(23)20-18(25-5)9-8-10-19(20)26-6/h7-10,12H,1,11H2,2-6H3. The van der Waals surface area contributed by atoms with Crippen molar-refractivity contribution in [3.8, 4) is 11.5 Å². The number of hydrogen-bond donors (Lipinski definition) is 0. The van der Waals surface area contributed by atoms with Crippen molar-refractivity contribution < 1.29 is 23.8 Å². The van der Waals surface area contributed by atoms with Gasteiger partial charge in [0.25, 0.3) is 0 Å². The van der Waals surface area contributed by atoms with Gasteiger partial charge in [-0.3, -0.25) is 4.79 Å². The van der Waals surface area contributed by atoms with E-state index in [0.717, 1.165) is 16.7 Å². The van der Waals surface area contributed by atoms with Gasteiger partial charge in [-0.05, 0) is 55.7 Å². The van der Waals surface area contributed by atoms with Crippen LogP contribution in [0.25, 0.3) is 0 Å². The van der Waals surface area contributed by atoms with E-state index in [4.69, 9.17) is 14.2 Å². The molecule has 0 spiro atoms. The largest absolute Gasteiger partial charge is 0.496 e. The van der Waals surface area contributed by atoms with Crippen LogP contribution in [0.1, 0.15) is 43.0 Å². The van der Waals surface area contributed by atoms with Crippen molar-refractivity contribution in [2.75, 3.05) is 20.8 Å². The molecule has 0 fully saturated rings. The Morgan fingerprint density at radius 2 is 1.52 bits per heavy atom. The summed E-state index contributed by atoms with van der Waals surface area (Å²) in [4.78, 5) is 25.8. The van der Waals surface area contributed by atoms with Crippen molar-refractivity contribution in [2.24, 2.45) is 0 Å². The zero-order valence-corrected chi connectivity index (χ0v) is 16.3. The van der Waals surface area contributed by atoms with Crippen LogP contribution in [0.5, 0.6) is 11.5 Å². The molecule has 0 aliphatic heterocycles. The van der Waals surface area contributed by atoms with Gasteiger partial charge in [-0.2, -0.15) is 0 Å². The molecule has 0 N–H and O–H groups in total. The molecule has 2 rings (SSSR count). The molecule has 0 unspecified atom stereocenters. The summed E-state index contributed by atoms with van der Waals surface area (Å²) in [6.45, 7) is 9.23. The van der Waals surface area contributed by atoms with Crippen LogP contribution in [0.4, 0.5) is 0 Å². The molecule has 0 atom stereocenters. The Morgan fingerprint density at radius 3 is 2.04 bits per heavy atom. The molecule has 2 aromatic carbocycles. The quantitative estimate of drug-likeness (QED) is 0.416. The lowest BCUT2D eigenvalue weighted by molar-refractivity contribution is 0.0548. The molecule has 0 bridgehead atoms. The monoisotopic (exact) mass is 368 g/mol. The van der Waals surface area contributed by atoms with E-state index in [1.165, 1.54) is 20.3 Å². The van der Waals surface area contributed by atoms with Crippen LogP contribution in [0, 0.1) is 20.8 Å². The highest BCUT2D eigenvalue weighted by molar-refractivity contribution is 6.14. The topological polar surface area (TPSA) is 61.8 Å². The number of carbonyl (C=O) groups excluding carboxylic acids is 2. The van der Waals surface area contributed by atoms with Crippen molar-refractivity contribution in [1.82, 2.24) is 0 Å². The number of esters is 1. The summed E-state index contributed by atoms with van der Waals surface area (Å²) < 4.78 is 15.9. The maximum absolute atomic E-state index is 13.4. The van der Waals surface area contributed by atoms with E-state index in [9.17, 15) is 9.59 Å². The molecule has 0 aliphatic rings. The van der Waals surface area contributed by atoms with Crippen molar-refractivity contribution >= 4 is 11.8 Å². The van der Waals surface area contributed by atoms with Gasteiger partial charge in [0.15, 0.2) is 0 Å². The third-order valence-electron chi connectivity index (χ3n) is 4.67. The summed E-state index contributed by atoms with van der Waals surface area (Å²) >= 11 is 0. The minimum absolute atomic E-state index is 0.106. The maximum atomic E-state index is 13.4. The minimum atomic E-state index is -0.489. The van der Waals surface area contributed by atoms with Crippen LogP contribution in [0.3, 0.4) is 0 Å². The summed E-state index contributed by atoms with van der Waals surface area (Å²) in [5, 5.41) is 0. The van der Waals surface area contributed by atoms with Crippen LogP contribution in [-0.2, 0) is 4.74 Å². The maximum Gasteiger partial charge on any atom is 0.338 e. The SMILES string of the molecule is C=CCOC(=O)c1cc(C(=O)c2c(OC)cccc2OC)c(C)c(C)c1C. The van der Waals surface area contributed by atoms with Gasteiger partial charge in [-0.15, -0.1) is 0 Å². The van der Waals surface area contributed by atoms with Crippen molar-refractivity contribution in [3.05, 3.63) is 70.3 Å². The first-order valence-corrected chi connectivity index (χ1v) is 8.51. The van der Waals surface area contributed by atoms with Gasteiger partial charge in [0.1, 0.15) is 23.7 Å². The second-order valence-electron chi connectivity index (χ2n) is 6.10. The van der Waals surface area contributed by atoms with Gasteiger partial charge < -0.3 is 14.2 Å². The predicted molar refractivity (Wildman–Crippen MR) is 104 cm³/mol. The predicted octanol–water partition coefficient (Wildman–Crippen LogP) is 4.20. The summed E-state index contributed by atoms with van der Waals surface area (Å²) in [6.07, 6.45) is 1.50. The van der Waals surface area contributed by atoms with Crippen molar-refractivity contribution in [2.45, 2.75) is 20.8 Å². The molecule has 0 aromatic heterocycles. The highest BCUT2D eigenvalue weighted by atomic mass is 16.5. The Hall–Kier alpha value is -3.08. The molecular formula is C22H24O5. The fraction of sp³-hybridized carbons (Fsp3) is 0.273. The molecule has 0 aliphatic carbocycles. The molecular weight excluding hydrogens is 344 g/mol. The Balaban J connectivity index is 2.66. The molecule has 0 saturated carbocycles. The highest BCUT2D eigenvalue weighted by Gasteiger charge is 2.25. The molecule has 0 heterocycles. The van der Waals surface area contributed by atoms with Crippen LogP contribution in [0.15, 0.2) is 36.9 Å². The fourth-order valence-electron chi connectivity index (χ4n) is 2.92. The summed E-state index contributed by atoms with van der Waals surface area (Å²) in [7, 11) is 2.99. The third kappa shape index (κ3) is 3.87. The Bertz CT molecular complexity index is 874. The zero-order valence-electron chi connectivity index (χ0n) is 16.3. The second-order valence-corrected chi connectivity index (χ2v) is 6.10. The number of hydrogen-bond acceptors (Lipinski definition) is 5. The number of ether oxygens (including phenoxy) is 3. The molecule has 2 aromatic rings. The number of carbonyl (C=O) groups is 2. The van der Waals surface area contributed by atoms with Crippen LogP contribution < -0.4 is 9.47 Å². The van der Waals surface area contributed by atoms with Crippen molar-refractivity contribution in [1.29, 1.82) is 0 Å². The van der Waals surface area contributed by atoms with E-state index < -0.39 is 5.97 Å². The van der Waals surface area contributed by atoms with Gasteiger partial charge in [-0.1, -0.05) is 18.7 Å². The highest BCUT2D eigenvalue weighted by Crippen LogP contribution is 2.33. The number of ketones is 1. The lowest BCUT2D eigenvalue weighted by Gasteiger charge is -2.17. The Kier molecular flexibility index (Phi) is 6.40. The normalized spacial score (nSPS) is 10.3. The summed E-state index contributed by atoms with van der Waals surface area (Å²) in [5.41, 5.74) is 3.53. The van der Waals surface area contributed by atoms with Crippen LogP contribution in [0.2, 0.25) is 0 Å². The van der Waals surface area contributed by atoms with Gasteiger partial charge >= 0.3 is 5.97 Å². The first-order valence-electron chi connectivity index (χ1n) is 8.51. The molecule has 5 heteroatoms.